The van der Waals surface area contributed by atoms with Gasteiger partial charge in [-0.3, -0.25) is 9.97 Å². The van der Waals surface area contributed by atoms with Gasteiger partial charge in [0.05, 0.1) is 11.5 Å². The molecule has 2 heterocycles. The SMILES string of the molecule is Oc1ccccc1-c1ccnc(-c2[c-]c(Oc3ccccn3)ccc2)n1.[Pt]. The third kappa shape index (κ3) is 4.38. The number of aromatic hydroxyl groups is 1. The number of phenolic OH excluding ortho intramolecular Hbond substituents is 1. The van der Waals surface area contributed by atoms with Gasteiger partial charge < -0.3 is 9.84 Å². The van der Waals surface area contributed by atoms with E-state index in [0.29, 0.717) is 34.3 Å². The molecule has 0 aliphatic carbocycles. The summed E-state index contributed by atoms with van der Waals surface area (Å²) < 4.78 is 5.71. The van der Waals surface area contributed by atoms with Crippen LogP contribution < -0.4 is 4.74 Å². The molecule has 0 radical (unpaired) electrons. The number of hydrogen-bond donors (Lipinski definition) is 1. The van der Waals surface area contributed by atoms with Gasteiger partial charge in [-0.1, -0.05) is 24.3 Å². The first-order valence-electron chi connectivity index (χ1n) is 8.02. The van der Waals surface area contributed by atoms with Crippen LogP contribution in [0.3, 0.4) is 0 Å². The molecule has 0 fully saturated rings. The van der Waals surface area contributed by atoms with Gasteiger partial charge in [0.1, 0.15) is 5.75 Å². The summed E-state index contributed by atoms with van der Waals surface area (Å²) in [6, 6.07) is 22.9. The molecule has 136 valence electrons. The molecule has 0 bridgehead atoms. The molecule has 0 saturated carbocycles. The molecule has 4 rings (SSSR count). The first-order chi connectivity index (χ1) is 12.8. The van der Waals surface area contributed by atoms with Gasteiger partial charge in [0.25, 0.3) is 0 Å². The third-order valence-electron chi connectivity index (χ3n) is 3.70. The Balaban J connectivity index is 0.00000210. The minimum absolute atomic E-state index is 0. The van der Waals surface area contributed by atoms with E-state index in [-0.39, 0.29) is 26.8 Å². The van der Waals surface area contributed by atoms with E-state index >= 15 is 0 Å². The number of ether oxygens (including phenoxy) is 1. The van der Waals surface area contributed by atoms with Crippen LogP contribution in [0, 0.1) is 6.07 Å². The van der Waals surface area contributed by atoms with Crippen molar-refractivity contribution in [2.24, 2.45) is 0 Å². The maximum absolute atomic E-state index is 10.0. The van der Waals surface area contributed by atoms with E-state index in [9.17, 15) is 5.11 Å². The molecule has 27 heavy (non-hydrogen) atoms. The Morgan fingerprint density at radius 3 is 2.48 bits per heavy atom. The third-order valence-corrected chi connectivity index (χ3v) is 3.70. The number of para-hydroxylation sites is 1. The molecule has 4 aromatic rings. The molecular formula is C21H14N3O2Pt-. The molecule has 0 spiro atoms. The Morgan fingerprint density at radius 2 is 1.67 bits per heavy atom. The van der Waals surface area contributed by atoms with Gasteiger partial charge in [0.2, 0.25) is 5.88 Å². The molecule has 2 aromatic carbocycles. The van der Waals surface area contributed by atoms with Crippen molar-refractivity contribution >= 4 is 0 Å². The normalized spacial score (nSPS) is 10.1. The monoisotopic (exact) mass is 535 g/mol. The van der Waals surface area contributed by atoms with E-state index in [4.69, 9.17) is 4.74 Å². The average Bonchev–Trinajstić information content (AvgIpc) is 2.69. The number of pyridine rings is 1. The van der Waals surface area contributed by atoms with Crippen LogP contribution >= 0.6 is 0 Å². The van der Waals surface area contributed by atoms with Crippen LogP contribution in [0.2, 0.25) is 0 Å². The maximum atomic E-state index is 10.0. The van der Waals surface area contributed by atoms with Crippen LogP contribution in [-0.4, -0.2) is 20.1 Å². The van der Waals surface area contributed by atoms with Crippen LogP contribution in [-0.2, 0) is 21.1 Å². The summed E-state index contributed by atoms with van der Waals surface area (Å²) in [6.45, 7) is 0. The fraction of sp³-hybridized carbons (Fsp3) is 0. The van der Waals surface area contributed by atoms with E-state index in [1.165, 1.54) is 0 Å². The number of rotatable bonds is 4. The zero-order chi connectivity index (χ0) is 17.8. The second-order valence-corrected chi connectivity index (χ2v) is 5.48. The number of phenols is 1. The summed E-state index contributed by atoms with van der Waals surface area (Å²) >= 11 is 0. The molecule has 5 nitrogen and oxygen atoms in total. The quantitative estimate of drug-likeness (QED) is 0.390. The van der Waals surface area contributed by atoms with E-state index in [2.05, 4.69) is 21.0 Å². The van der Waals surface area contributed by atoms with Gasteiger partial charge in [-0.15, -0.1) is 23.8 Å². The van der Waals surface area contributed by atoms with Crippen molar-refractivity contribution in [1.29, 1.82) is 0 Å². The fourth-order valence-corrected chi connectivity index (χ4v) is 2.49. The predicted octanol–water partition coefficient (Wildman–Crippen LogP) is 4.50. The fourth-order valence-electron chi connectivity index (χ4n) is 2.49. The van der Waals surface area contributed by atoms with Gasteiger partial charge in [-0.05, 0) is 24.3 Å². The Labute approximate surface area is 171 Å². The molecule has 0 aliphatic rings. The van der Waals surface area contributed by atoms with Crippen molar-refractivity contribution in [3.8, 4) is 40.0 Å². The van der Waals surface area contributed by atoms with Crippen LogP contribution in [0.15, 0.2) is 79.1 Å². The van der Waals surface area contributed by atoms with Crippen molar-refractivity contribution < 1.29 is 30.9 Å². The van der Waals surface area contributed by atoms with Crippen molar-refractivity contribution in [2.45, 2.75) is 0 Å². The standard InChI is InChI=1S/C21H14N3O2.Pt/c25-19-9-2-1-8-17(19)18-11-13-23-21(24-18)15-6-5-7-16(14-15)26-20-10-3-4-12-22-20;/h1-13,25H;/q-1;. The second kappa shape index (κ2) is 8.56. The molecule has 0 aliphatic heterocycles. The number of hydrogen-bond acceptors (Lipinski definition) is 5. The number of nitrogens with zero attached hydrogens (tertiary/aromatic N) is 3. The summed E-state index contributed by atoms with van der Waals surface area (Å²) in [5.41, 5.74) is 1.98. The van der Waals surface area contributed by atoms with Crippen molar-refractivity contribution in [2.75, 3.05) is 0 Å². The minimum Gasteiger partial charge on any atom is -0.507 e. The molecule has 6 heteroatoms. The number of aromatic nitrogens is 3. The molecule has 0 amide bonds. The maximum Gasteiger partial charge on any atom is 0.217 e. The van der Waals surface area contributed by atoms with Gasteiger partial charge >= 0.3 is 0 Å². The smallest absolute Gasteiger partial charge is 0.217 e. The van der Waals surface area contributed by atoms with Crippen molar-refractivity contribution in [1.82, 2.24) is 15.0 Å². The largest absolute Gasteiger partial charge is 0.507 e. The van der Waals surface area contributed by atoms with Crippen LogP contribution in [0.1, 0.15) is 0 Å². The number of benzene rings is 2. The molecule has 2 aromatic heterocycles. The summed E-state index contributed by atoms with van der Waals surface area (Å²) in [4.78, 5) is 13.0. The summed E-state index contributed by atoms with van der Waals surface area (Å²) in [5, 5.41) is 10.0. The Bertz CT molecular complexity index is 1040. The van der Waals surface area contributed by atoms with E-state index in [1.54, 1.807) is 42.7 Å². The molecule has 1 N–H and O–H groups in total. The van der Waals surface area contributed by atoms with E-state index in [1.807, 2.05) is 36.4 Å². The Morgan fingerprint density at radius 1 is 0.815 bits per heavy atom. The average molecular weight is 535 g/mol. The van der Waals surface area contributed by atoms with Gasteiger partial charge in [0, 0.05) is 50.8 Å². The molecule has 0 atom stereocenters. The second-order valence-electron chi connectivity index (χ2n) is 5.48. The Kier molecular flexibility index (Phi) is 5.94. The summed E-state index contributed by atoms with van der Waals surface area (Å²) in [7, 11) is 0. The van der Waals surface area contributed by atoms with Crippen LogP contribution in [0.4, 0.5) is 0 Å². The van der Waals surface area contributed by atoms with Crippen molar-refractivity contribution in [3.05, 3.63) is 85.2 Å². The van der Waals surface area contributed by atoms with Gasteiger partial charge in [-0.25, -0.2) is 4.98 Å². The van der Waals surface area contributed by atoms with Crippen LogP contribution in [0.5, 0.6) is 17.4 Å². The molecule has 0 saturated heterocycles. The topological polar surface area (TPSA) is 68.1 Å². The summed E-state index contributed by atoms with van der Waals surface area (Å²) in [6.07, 6.45) is 3.32. The van der Waals surface area contributed by atoms with Gasteiger partial charge in [0.15, 0.2) is 0 Å². The van der Waals surface area contributed by atoms with E-state index in [0.717, 1.165) is 0 Å². The van der Waals surface area contributed by atoms with Gasteiger partial charge in [-0.2, -0.15) is 0 Å². The first kappa shape index (κ1) is 18.7. The zero-order valence-corrected chi connectivity index (χ0v) is 16.3. The minimum atomic E-state index is 0. The summed E-state index contributed by atoms with van der Waals surface area (Å²) in [5.74, 6) is 1.69. The Hall–Kier alpha value is -3.04. The van der Waals surface area contributed by atoms with E-state index < -0.39 is 0 Å². The van der Waals surface area contributed by atoms with Crippen molar-refractivity contribution in [3.63, 3.8) is 0 Å². The molecule has 0 unspecified atom stereocenters. The first-order valence-corrected chi connectivity index (χ1v) is 8.02. The van der Waals surface area contributed by atoms with Crippen LogP contribution in [0.25, 0.3) is 22.6 Å². The molecular weight excluding hydrogens is 521 g/mol. The zero-order valence-electron chi connectivity index (χ0n) is 14.0. The predicted molar refractivity (Wildman–Crippen MR) is 97.7 cm³/mol.